The summed E-state index contributed by atoms with van der Waals surface area (Å²) in [7, 11) is 0. The van der Waals surface area contributed by atoms with Gasteiger partial charge in [-0.2, -0.15) is 0 Å². The van der Waals surface area contributed by atoms with Gasteiger partial charge < -0.3 is 9.32 Å². The Balaban J connectivity index is 1.17. The monoisotopic (exact) mass is 643 g/mol. The van der Waals surface area contributed by atoms with Gasteiger partial charge in [0.1, 0.15) is 11.2 Å². The Labute approximate surface area is 287 Å². The molecule has 0 amide bonds. The molecule has 49 heavy (non-hydrogen) atoms. The molecule has 0 fully saturated rings. The molecule has 0 saturated heterocycles. The molecule has 10 rings (SSSR count). The normalized spacial score (nSPS) is 11.7. The molecule has 0 saturated carbocycles. The van der Waals surface area contributed by atoms with Crippen LogP contribution in [0.1, 0.15) is 0 Å². The first-order chi connectivity index (χ1) is 24.3. The Hall–Kier alpha value is -6.16. The summed E-state index contributed by atoms with van der Waals surface area (Å²) in [4.78, 5) is 2.39. The Morgan fingerprint density at radius 1 is 0.429 bits per heavy atom. The van der Waals surface area contributed by atoms with Crippen LogP contribution >= 0.6 is 11.3 Å². The topological polar surface area (TPSA) is 16.4 Å². The van der Waals surface area contributed by atoms with E-state index in [4.69, 9.17) is 4.42 Å². The predicted molar refractivity (Wildman–Crippen MR) is 210 cm³/mol. The Bertz CT molecular complexity index is 2830. The van der Waals surface area contributed by atoms with Crippen molar-refractivity contribution in [3.05, 3.63) is 176 Å². The number of rotatable bonds is 5. The summed E-state index contributed by atoms with van der Waals surface area (Å²) in [5.74, 6) is 0. The number of hydrogen-bond acceptors (Lipinski definition) is 3. The van der Waals surface area contributed by atoms with Crippen LogP contribution in [-0.4, -0.2) is 0 Å². The van der Waals surface area contributed by atoms with Gasteiger partial charge in [0.15, 0.2) is 0 Å². The maximum atomic E-state index is 6.40. The Morgan fingerprint density at radius 2 is 1.14 bits per heavy atom. The number of hydrogen-bond donors (Lipinski definition) is 0. The fraction of sp³-hybridized carbons (Fsp3) is 0. The molecule has 0 bridgehead atoms. The SMILES string of the molecule is c1ccc(-c2cccc3sc4c(N(c5ccc(-c6ccc7ccccc7c6)cc5)c5ccc6c(c5)oc5ccccc56)cccc4c23)cc1. The minimum atomic E-state index is 0.881. The van der Waals surface area contributed by atoms with Crippen LogP contribution in [0, 0.1) is 0 Å². The standard InChI is InChI=1S/C46H29NOS/c1-2-11-32(12-3-1)37-15-9-19-44-45(37)40-16-8-17-41(46(40)49-44)47(36-26-27-39-38-14-6-7-18-42(38)48-43(39)29-36)35-24-22-31(23-25-35)34-21-20-30-10-4-5-13-33(30)28-34/h1-29H. The van der Waals surface area contributed by atoms with Crippen LogP contribution in [0.15, 0.2) is 180 Å². The fourth-order valence-corrected chi connectivity index (χ4v) is 8.55. The molecule has 2 nitrogen and oxygen atoms in total. The van der Waals surface area contributed by atoms with Crippen LogP contribution in [0.25, 0.3) is 75.1 Å². The van der Waals surface area contributed by atoms with Crippen molar-refractivity contribution >= 4 is 81.3 Å². The van der Waals surface area contributed by atoms with Crippen molar-refractivity contribution in [2.45, 2.75) is 0 Å². The second-order valence-corrected chi connectivity index (χ2v) is 13.6. The average Bonchev–Trinajstić information content (AvgIpc) is 3.74. The molecule has 0 aliphatic heterocycles. The van der Waals surface area contributed by atoms with E-state index in [2.05, 4.69) is 169 Å². The molecule has 10 aromatic rings. The third-order valence-electron chi connectivity index (χ3n) is 9.66. The molecule has 8 aromatic carbocycles. The van der Waals surface area contributed by atoms with E-state index in [-0.39, 0.29) is 0 Å². The number of anilines is 3. The second kappa shape index (κ2) is 11.2. The van der Waals surface area contributed by atoms with Crippen molar-refractivity contribution in [3.8, 4) is 22.3 Å². The average molecular weight is 644 g/mol. The zero-order valence-electron chi connectivity index (χ0n) is 26.5. The van der Waals surface area contributed by atoms with Crippen LogP contribution in [-0.2, 0) is 0 Å². The van der Waals surface area contributed by atoms with Gasteiger partial charge >= 0.3 is 0 Å². The summed E-state index contributed by atoms with van der Waals surface area (Å²) >= 11 is 1.86. The van der Waals surface area contributed by atoms with Gasteiger partial charge in [-0.25, -0.2) is 0 Å². The Kier molecular flexibility index (Phi) is 6.39. The van der Waals surface area contributed by atoms with Gasteiger partial charge in [-0.15, -0.1) is 11.3 Å². The molecule has 0 N–H and O–H groups in total. The number of furan rings is 1. The number of thiophene rings is 1. The van der Waals surface area contributed by atoms with Crippen LogP contribution in [0.5, 0.6) is 0 Å². The molecule has 230 valence electrons. The summed E-state index contributed by atoms with van der Waals surface area (Å²) in [5, 5.41) is 7.32. The van der Waals surface area contributed by atoms with E-state index in [1.54, 1.807) is 0 Å². The summed E-state index contributed by atoms with van der Waals surface area (Å²) in [6.45, 7) is 0. The van der Waals surface area contributed by atoms with Crippen molar-refractivity contribution in [1.29, 1.82) is 0 Å². The van der Waals surface area contributed by atoms with Crippen molar-refractivity contribution in [1.82, 2.24) is 0 Å². The lowest BCUT2D eigenvalue weighted by Gasteiger charge is -2.26. The molecule has 2 aromatic heterocycles. The van der Waals surface area contributed by atoms with Gasteiger partial charge in [0, 0.05) is 43.7 Å². The van der Waals surface area contributed by atoms with E-state index in [0.717, 1.165) is 39.0 Å². The summed E-state index contributed by atoms with van der Waals surface area (Å²) in [5.41, 5.74) is 9.96. The molecule has 0 radical (unpaired) electrons. The molecule has 2 heterocycles. The summed E-state index contributed by atoms with van der Waals surface area (Å²) in [6.07, 6.45) is 0. The molecular formula is C46H29NOS. The van der Waals surface area contributed by atoms with Crippen LogP contribution in [0.2, 0.25) is 0 Å². The first-order valence-corrected chi connectivity index (χ1v) is 17.4. The zero-order valence-corrected chi connectivity index (χ0v) is 27.3. The minimum Gasteiger partial charge on any atom is -0.456 e. The summed E-state index contributed by atoms with van der Waals surface area (Å²) < 4.78 is 8.94. The van der Waals surface area contributed by atoms with Gasteiger partial charge in [0.05, 0.1) is 10.4 Å². The van der Waals surface area contributed by atoms with Crippen LogP contribution in [0.3, 0.4) is 0 Å². The fourth-order valence-electron chi connectivity index (χ4n) is 7.32. The maximum absolute atomic E-state index is 6.40. The van der Waals surface area contributed by atoms with Crippen molar-refractivity contribution in [2.75, 3.05) is 4.90 Å². The smallest absolute Gasteiger partial charge is 0.137 e. The lowest BCUT2D eigenvalue weighted by Crippen LogP contribution is -2.10. The molecule has 0 spiro atoms. The van der Waals surface area contributed by atoms with E-state index in [1.807, 2.05) is 23.5 Å². The van der Waals surface area contributed by atoms with E-state index < -0.39 is 0 Å². The zero-order chi connectivity index (χ0) is 32.3. The third-order valence-corrected chi connectivity index (χ3v) is 10.8. The number of fused-ring (bicyclic) bond motifs is 7. The highest BCUT2D eigenvalue weighted by molar-refractivity contribution is 7.26. The third kappa shape index (κ3) is 4.62. The van der Waals surface area contributed by atoms with Gasteiger partial charge in [-0.3, -0.25) is 0 Å². The van der Waals surface area contributed by atoms with E-state index >= 15 is 0 Å². The first kappa shape index (κ1) is 27.9. The van der Waals surface area contributed by atoms with E-state index in [9.17, 15) is 0 Å². The van der Waals surface area contributed by atoms with Gasteiger partial charge in [-0.05, 0) is 81.6 Å². The van der Waals surface area contributed by atoms with Crippen molar-refractivity contribution < 1.29 is 4.42 Å². The highest BCUT2D eigenvalue weighted by Crippen LogP contribution is 2.48. The number of benzene rings is 8. The molecule has 0 aliphatic rings. The second-order valence-electron chi connectivity index (χ2n) is 12.5. The predicted octanol–water partition coefficient (Wildman–Crippen LogP) is 13.9. The van der Waals surface area contributed by atoms with E-state index in [0.29, 0.717) is 0 Å². The highest BCUT2D eigenvalue weighted by Gasteiger charge is 2.21. The van der Waals surface area contributed by atoms with Crippen molar-refractivity contribution in [3.63, 3.8) is 0 Å². The van der Waals surface area contributed by atoms with Gasteiger partial charge in [0.2, 0.25) is 0 Å². The molecule has 3 heteroatoms. The highest BCUT2D eigenvalue weighted by atomic mass is 32.1. The lowest BCUT2D eigenvalue weighted by atomic mass is 9.99. The first-order valence-electron chi connectivity index (χ1n) is 16.6. The Morgan fingerprint density at radius 3 is 2.04 bits per heavy atom. The van der Waals surface area contributed by atoms with Crippen LogP contribution in [0.4, 0.5) is 17.1 Å². The molecule has 0 aliphatic carbocycles. The molecule has 0 atom stereocenters. The molecular weight excluding hydrogens is 615 g/mol. The largest absolute Gasteiger partial charge is 0.456 e. The van der Waals surface area contributed by atoms with Crippen molar-refractivity contribution in [2.24, 2.45) is 0 Å². The lowest BCUT2D eigenvalue weighted by molar-refractivity contribution is 0.669. The molecule has 0 unspecified atom stereocenters. The quantitative estimate of drug-likeness (QED) is 0.186. The maximum Gasteiger partial charge on any atom is 0.137 e. The number of para-hydroxylation sites is 1. The van der Waals surface area contributed by atoms with E-state index in [1.165, 1.54) is 53.2 Å². The minimum absolute atomic E-state index is 0.881. The number of nitrogens with zero attached hydrogens (tertiary/aromatic N) is 1. The van der Waals surface area contributed by atoms with Crippen LogP contribution < -0.4 is 4.90 Å². The van der Waals surface area contributed by atoms with Gasteiger partial charge in [0.25, 0.3) is 0 Å². The summed E-state index contributed by atoms with van der Waals surface area (Å²) in [6, 6.07) is 63.2. The van der Waals surface area contributed by atoms with Gasteiger partial charge in [-0.1, -0.05) is 121 Å².